The number of H-pyrrole nitrogens is 1. The Balaban J connectivity index is 1.82. The molecule has 1 aromatic rings. The number of likely N-dealkylation sites (tertiary alicyclic amines) is 1. The van der Waals surface area contributed by atoms with Crippen molar-refractivity contribution in [3.05, 3.63) is 33.7 Å². The molecule has 0 spiro atoms. The highest BCUT2D eigenvalue weighted by Crippen LogP contribution is 2.29. The molecular formula is C14H17N3O3. The molecule has 2 atom stereocenters. The van der Waals surface area contributed by atoms with Gasteiger partial charge in [-0.2, -0.15) is 0 Å². The summed E-state index contributed by atoms with van der Waals surface area (Å²) >= 11 is 0. The van der Waals surface area contributed by atoms with Gasteiger partial charge in [0.05, 0.1) is 12.5 Å². The highest BCUT2D eigenvalue weighted by atomic mass is 16.2. The van der Waals surface area contributed by atoms with Crippen molar-refractivity contribution in [2.75, 3.05) is 7.05 Å². The van der Waals surface area contributed by atoms with E-state index in [-0.39, 0.29) is 29.8 Å². The molecule has 6 nitrogen and oxygen atoms in total. The number of fused-ring (bicyclic) bond motifs is 1. The second-order valence-electron chi connectivity index (χ2n) is 5.42. The lowest BCUT2D eigenvalue weighted by Crippen LogP contribution is -2.40. The quantitative estimate of drug-likeness (QED) is 0.750. The number of likely N-dealkylation sites (N-methyl/N-ethyl adjacent to an activating group) is 1. The Morgan fingerprint density at radius 3 is 2.75 bits per heavy atom. The summed E-state index contributed by atoms with van der Waals surface area (Å²) in [5, 5.41) is 3.27. The molecular weight excluding hydrogens is 258 g/mol. The van der Waals surface area contributed by atoms with Crippen molar-refractivity contribution in [3.63, 3.8) is 0 Å². The van der Waals surface area contributed by atoms with Crippen molar-refractivity contribution < 1.29 is 9.59 Å². The number of nitrogens with one attached hydrogen (secondary N) is 2. The largest absolute Gasteiger partial charge is 0.326 e. The van der Waals surface area contributed by atoms with Gasteiger partial charge in [-0.3, -0.25) is 24.6 Å². The van der Waals surface area contributed by atoms with E-state index < -0.39 is 6.04 Å². The van der Waals surface area contributed by atoms with Gasteiger partial charge < -0.3 is 4.98 Å². The minimum absolute atomic E-state index is 0.0175. The molecule has 20 heavy (non-hydrogen) atoms. The number of nitrogens with zero attached hydrogens (tertiary/aromatic N) is 1. The maximum absolute atomic E-state index is 11.9. The third kappa shape index (κ3) is 2.16. The smallest absolute Gasteiger partial charge is 0.248 e. The van der Waals surface area contributed by atoms with Crippen LogP contribution in [0.4, 0.5) is 0 Å². The summed E-state index contributed by atoms with van der Waals surface area (Å²) in [5.74, 6) is -0.323. The van der Waals surface area contributed by atoms with Gasteiger partial charge in [-0.15, -0.1) is 0 Å². The van der Waals surface area contributed by atoms with Gasteiger partial charge in [0.15, 0.2) is 0 Å². The van der Waals surface area contributed by atoms with Crippen molar-refractivity contribution in [3.8, 4) is 0 Å². The molecule has 1 saturated heterocycles. The lowest BCUT2D eigenvalue weighted by Gasteiger charge is -2.27. The molecule has 0 radical (unpaired) electrons. The van der Waals surface area contributed by atoms with E-state index in [0.717, 1.165) is 30.5 Å². The minimum atomic E-state index is -0.449. The Morgan fingerprint density at radius 1 is 1.25 bits per heavy atom. The molecule has 106 valence electrons. The van der Waals surface area contributed by atoms with E-state index in [1.165, 1.54) is 18.0 Å². The van der Waals surface area contributed by atoms with E-state index in [2.05, 4.69) is 10.3 Å². The second kappa shape index (κ2) is 4.86. The van der Waals surface area contributed by atoms with Crippen LogP contribution < -0.4 is 10.9 Å². The zero-order valence-electron chi connectivity index (χ0n) is 11.3. The lowest BCUT2D eigenvalue weighted by molar-refractivity contribution is -0.137. The maximum atomic E-state index is 11.9. The second-order valence-corrected chi connectivity index (χ2v) is 5.42. The van der Waals surface area contributed by atoms with E-state index in [1.807, 2.05) is 6.07 Å². The van der Waals surface area contributed by atoms with E-state index in [1.54, 1.807) is 0 Å². The fourth-order valence-corrected chi connectivity index (χ4v) is 3.00. The van der Waals surface area contributed by atoms with Gasteiger partial charge in [0.25, 0.3) is 0 Å². The molecule has 2 heterocycles. The molecule has 1 aromatic heterocycles. The first kappa shape index (κ1) is 13.1. The predicted molar refractivity (Wildman–Crippen MR) is 72.1 cm³/mol. The van der Waals surface area contributed by atoms with Crippen LogP contribution in [0, 0.1) is 0 Å². The van der Waals surface area contributed by atoms with Gasteiger partial charge >= 0.3 is 0 Å². The van der Waals surface area contributed by atoms with Gasteiger partial charge in [0.2, 0.25) is 17.4 Å². The monoisotopic (exact) mass is 275 g/mol. The zero-order chi connectivity index (χ0) is 14.3. The topological polar surface area (TPSA) is 82.3 Å². The van der Waals surface area contributed by atoms with Crippen LogP contribution in [-0.2, 0) is 16.0 Å². The van der Waals surface area contributed by atoms with E-state index >= 15 is 0 Å². The van der Waals surface area contributed by atoms with E-state index in [4.69, 9.17) is 0 Å². The number of carbonyl (C=O) groups excluding carboxylic acids is 2. The van der Waals surface area contributed by atoms with Crippen molar-refractivity contribution in [1.82, 2.24) is 15.2 Å². The van der Waals surface area contributed by atoms with Crippen LogP contribution in [0.15, 0.2) is 16.9 Å². The summed E-state index contributed by atoms with van der Waals surface area (Å²) < 4.78 is 0. The summed E-state index contributed by atoms with van der Waals surface area (Å²) in [6.45, 7) is 0. The first-order chi connectivity index (χ1) is 9.56. The Morgan fingerprint density at radius 2 is 2.05 bits per heavy atom. The predicted octanol–water partition coefficient (Wildman–Crippen LogP) is 0.0992. The molecule has 2 aliphatic rings. The first-order valence-electron chi connectivity index (χ1n) is 6.85. The molecule has 0 bridgehead atoms. The zero-order valence-corrected chi connectivity index (χ0v) is 11.3. The number of amides is 2. The Hall–Kier alpha value is -1.95. The Bertz CT molecular complexity index is 622. The first-order valence-corrected chi connectivity index (χ1v) is 6.85. The van der Waals surface area contributed by atoms with Crippen LogP contribution in [0.5, 0.6) is 0 Å². The van der Waals surface area contributed by atoms with Crippen molar-refractivity contribution >= 4 is 11.8 Å². The van der Waals surface area contributed by atoms with Crippen LogP contribution in [0.25, 0.3) is 0 Å². The summed E-state index contributed by atoms with van der Waals surface area (Å²) in [5.41, 5.74) is 1.87. The number of hydrogen-bond donors (Lipinski definition) is 2. The van der Waals surface area contributed by atoms with Gasteiger partial charge in [-0.25, -0.2) is 0 Å². The van der Waals surface area contributed by atoms with Crippen LogP contribution in [0.2, 0.25) is 0 Å². The third-order valence-electron chi connectivity index (χ3n) is 4.12. The lowest BCUT2D eigenvalue weighted by atomic mass is 9.90. The number of carbonyl (C=O) groups is 2. The van der Waals surface area contributed by atoms with Crippen molar-refractivity contribution in [1.29, 1.82) is 0 Å². The number of hydrogen-bond acceptors (Lipinski definition) is 4. The number of aryl methyl sites for hydroxylation is 1. The number of rotatable bonds is 2. The fraction of sp³-hybridized carbons (Fsp3) is 0.500. The minimum Gasteiger partial charge on any atom is -0.326 e. The van der Waals surface area contributed by atoms with Crippen molar-refractivity contribution in [2.24, 2.45) is 0 Å². The molecule has 2 unspecified atom stereocenters. The van der Waals surface area contributed by atoms with Gasteiger partial charge in [0, 0.05) is 24.8 Å². The Labute approximate surface area is 116 Å². The number of imide groups is 1. The molecule has 0 aromatic carbocycles. The summed E-state index contributed by atoms with van der Waals surface area (Å²) in [6, 6.07) is 2.89. The normalized spacial score (nSPS) is 25.9. The summed E-state index contributed by atoms with van der Waals surface area (Å²) in [4.78, 5) is 38.9. The summed E-state index contributed by atoms with van der Waals surface area (Å²) in [7, 11) is 1.51. The van der Waals surface area contributed by atoms with Gasteiger partial charge in [0.1, 0.15) is 0 Å². The molecule has 2 N–H and O–H groups in total. The molecule has 2 amide bonds. The van der Waals surface area contributed by atoms with Gasteiger partial charge in [-0.05, 0) is 24.8 Å². The van der Waals surface area contributed by atoms with Crippen LogP contribution in [-0.4, -0.2) is 34.8 Å². The average Bonchev–Trinajstić information content (AvgIpc) is 2.66. The molecule has 6 heteroatoms. The third-order valence-corrected chi connectivity index (χ3v) is 4.12. The van der Waals surface area contributed by atoms with Crippen LogP contribution in [0.1, 0.15) is 36.6 Å². The van der Waals surface area contributed by atoms with Crippen molar-refractivity contribution in [2.45, 2.75) is 37.8 Å². The number of aromatic amines is 1. The Kier molecular flexibility index (Phi) is 3.17. The molecule has 0 saturated carbocycles. The van der Waals surface area contributed by atoms with E-state index in [9.17, 15) is 14.4 Å². The number of pyridine rings is 1. The molecule has 3 rings (SSSR count). The standard InChI is InChI=1S/C14H17N3O3/c1-17-13(19)7-11(14(17)20)15-9-3-2-4-10-8(9)5-6-12(18)16-10/h5-6,9,11,15H,2-4,7H2,1H3,(H,16,18). The average molecular weight is 275 g/mol. The molecule has 1 aliphatic heterocycles. The SMILES string of the molecule is CN1C(=O)CC(NC2CCCc3[nH]c(=O)ccc32)C1=O. The maximum Gasteiger partial charge on any atom is 0.248 e. The summed E-state index contributed by atoms with van der Waals surface area (Å²) in [6.07, 6.45) is 2.92. The molecule has 1 aliphatic carbocycles. The van der Waals surface area contributed by atoms with Crippen LogP contribution >= 0.6 is 0 Å². The molecule has 1 fully saturated rings. The van der Waals surface area contributed by atoms with Crippen LogP contribution in [0.3, 0.4) is 0 Å². The fourth-order valence-electron chi connectivity index (χ4n) is 3.00. The highest BCUT2D eigenvalue weighted by Gasteiger charge is 2.37. The highest BCUT2D eigenvalue weighted by molar-refractivity contribution is 6.05. The van der Waals surface area contributed by atoms with E-state index in [0.29, 0.717) is 0 Å². The van der Waals surface area contributed by atoms with Gasteiger partial charge in [-0.1, -0.05) is 6.07 Å². The number of aromatic nitrogens is 1.